The largest absolute Gasteiger partial charge is 0.347 e. The number of benzene rings is 2. The van der Waals surface area contributed by atoms with E-state index in [1.165, 1.54) is 4.31 Å². The van der Waals surface area contributed by atoms with E-state index in [4.69, 9.17) is 11.6 Å². The van der Waals surface area contributed by atoms with Crippen LogP contribution in [0.4, 0.5) is 5.69 Å². The molecule has 0 spiro atoms. The zero-order valence-electron chi connectivity index (χ0n) is 17.5. The van der Waals surface area contributed by atoms with Crippen molar-refractivity contribution in [1.82, 2.24) is 9.62 Å². The Kier molecular flexibility index (Phi) is 7.35. The number of hydrogen-bond acceptors (Lipinski definition) is 4. The fourth-order valence-corrected chi connectivity index (χ4v) is 5.44. The Balaban J connectivity index is 1.50. The predicted octanol–water partition coefficient (Wildman–Crippen LogP) is 3.11. The molecule has 3 rings (SSSR count). The molecule has 31 heavy (non-hydrogen) atoms. The Bertz CT molecular complexity index is 1060. The number of hydrogen-bond donors (Lipinski definition) is 2. The molecule has 2 aromatic rings. The monoisotopic (exact) mass is 463 g/mol. The molecule has 2 amide bonds. The highest BCUT2D eigenvalue weighted by atomic mass is 35.5. The van der Waals surface area contributed by atoms with Gasteiger partial charge >= 0.3 is 0 Å². The molecule has 0 aliphatic carbocycles. The van der Waals surface area contributed by atoms with Crippen molar-refractivity contribution in [1.29, 1.82) is 0 Å². The molecule has 1 fully saturated rings. The van der Waals surface area contributed by atoms with Crippen molar-refractivity contribution < 1.29 is 18.0 Å². The Morgan fingerprint density at radius 2 is 1.71 bits per heavy atom. The van der Waals surface area contributed by atoms with Crippen LogP contribution in [0, 0.1) is 19.8 Å². The number of nitrogens with zero attached hydrogens (tertiary/aromatic N) is 1. The molecule has 0 bridgehead atoms. The van der Waals surface area contributed by atoms with Crippen LogP contribution in [-0.2, 0) is 19.6 Å². The summed E-state index contributed by atoms with van der Waals surface area (Å²) in [6.07, 6.45) is 0.823. The first kappa shape index (κ1) is 23.2. The number of piperidine rings is 1. The van der Waals surface area contributed by atoms with Gasteiger partial charge in [0.25, 0.3) is 0 Å². The lowest BCUT2D eigenvalue weighted by Gasteiger charge is -2.31. The van der Waals surface area contributed by atoms with E-state index in [1.807, 2.05) is 13.0 Å². The average Bonchev–Trinajstić information content (AvgIpc) is 2.73. The van der Waals surface area contributed by atoms with E-state index in [-0.39, 0.29) is 37.4 Å². The summed E-state index contributed by atoms with van der Waals surface area (Å²) < 4.78 is 27.4. The molecule has 9 heteroatoms. The molecule has 1 heterocycles. The summed E-state index contributed by atoms with van der Waals surface area (Å²) in [6.45, 7) is 4.09. The third kappa shape index (κ3) is 5.84. The number of carbonyl (C=O) groups excluding carboxylic acids is 2. The second kappa shape index (κ2) is 9.80. The first-order valence-corrected chi connectivity index (χ1v) is 11.9. The van der Waals surface area contributed by atoms with Crippen LogP contribution < -0.4 is 10.6 Å². The third-order valence-electron chi connectivity index (χ3n) is 5.32. The van der Waals surface area contributed by atoms with Crippen LogP contribution in [0.1, 0.15) is 24.0 Å². The molecule has 2 N–H and O–H groups in total. The normalized spacial score (nSPS) is 15.5. The van der Waals surface area contributed by atoms with Crippen molar-refractivity contribution in [2.45, 2.75) is 31.6 Å². The maximum absolute atomic E-state index is 13.0. The molecule has 1 aliphatic heterocycles. The second-order valence-corrected chi connectivity index (χ2v) is 10.1. The van der Waals surface area contributed by atoms with Crippen molar-refractivity contribution in [3.63, 3.8) is 0 Å². The summed E-state index contributed by atoms with van der Waals surface area (Å²) in [7, 11) is -3.59. The van der Waals surface area contributed by atoms with Gasteiger partial charge in [-0.1, -0.05) is 29.3 Å². The van der Waals surface area contributed by atoms with Crippen LogP contribution >= 0.6 is 11.6 Å². The van der Waals surface area contributed by atoms with Gasteiger partial charge in [0.15, 0.2) is 0 Å². The van der Waals surface area contributed by atoms with Crippen LogP contribution in [0.5, 0.6) is 0 Å². The van der Waals surface area contributed by atoms with E-state index < -0.39 is 10.0 Å². The van der Waals surface area contributed by atoms with Crippen LogP contribution in [-0.4, -0.2) is 44.2 Å². The topological polar surface area (TPSA) is 95.6 Å². The van der Waals surface area contributed by atoms with Gasteiger partial charge in [-0.2, -0.15) is 4.31 Å². The SMILES string of the molecule is Cc1ccc(S(=O)(=O)N2CCC(C(=O)NCC(=O)Nc3ccc(Cl)cc3)CC2)c(C)c1. The fraction of sp³-hybridized carbons (Fsp3) is 0.364. The number of carbonyl (C=O) groups is 2. The average molecular weight is 464 g/mol. The molecule has 1 aliphatic rings. The lowest BCUT2D eigenvalue weighted by molar-refractivity contribution is -0.128. The smallest absolute Gasteiger partial charge is 0.243 e. The molecule has 0 aromatic heterocycles. The van der Waals surface area contributed by atoms with E-state index in [1.54, 1.807) is 43.3 Å². The highest BCUT2D eigenvalue weighted by Crippen LogP contribution is 2.26. The van der Waals surface area contributed by atoms with Crippen molar-refractivity contribution >= 4 is 39.1 Å². The molecule has 7 nitrogen and oxygen atoms in total. The predicted molar refractivity (Wildman–Crippen MR) is 120 cm³/mol. The Labute approximate surface area is 187 Å². The maximum Gasteiger partial charge on any atom is 0.243 e. The van der Waals surface area contributed by atoms with Gasteiger partial charge in [0.1, 0.15) is 0 Å². The van der Waals surface area contributed by atoms with Gasteiger partial charge in [0, 0.05) is 29.7 Å². The van der Waals surface area contributed by atoms with Crippen LogP contribution in [0.2, 0.25) is 5.02 Å². The van der Waals surface area contributed by atoms with Gasteiger partial charge in [-0.05, 0) is 62.6 Å². The Hall–Kier alpha value is -2.42. The lowest BCUT2D eigenvalue weighted by atomic mass is 9.97. The molecule has 0 saturated carbocycles. The first-order valence-electron chi connectivity index (χ1n) is 10.1. The molecular weight excluding hydrogens is 438 g/mol. The summed E-state index contributed by atoms with van der Waals surface area (Å²) in [5.41, 5.74) is 2.31. The maximum atomic E-state index is 13.0. The van der Waals surface area contributed by atoms with E-state index in [2.05, 4.69) is 10.6 Å². The van der Waals surface area contributed by atoms with Crippen molar-refractivity contribution in [3.05, 3.63) is 58.6 Å². The number of anilines is 1. The molecule has 166 valence electrons. The van der Waals surface area contributed by atoms with Crippen molar-refractivity contribution in [3.8, 4) is 0 Å². The third-order valence-corrected chi connectivity index (χ3v) is 7.63. The zero-order chi connectivity index (χ0) is 22.6. The molecule has 1 saturated heterocycles. The van der Waals surface area contributed by atoms with Gasteiger partial charge in [-0.25, -0.2) is 8.42 Å². The molecular formula is C22H26ClN3O4S. The van der Waals surface area contributed by atoms with Gasteiger partial charge < -0.3 is 10.6 Å². The molecule has 0 radical (unpaired) electrons. The second-order valence-electron chi connectivity index (χ2n) is 7.72. The van der Waals surface area contributed by atoms with Crippen LogP contribution in [0.25, 0.3) is 0 Å². The summed E-state index contributed by atoms with van der Waals surface area (Å²) >= 11 is 5.81. The summed E-state index contributed by atoms with van der Waals surface area (Å²) in [5, 5.41) is 5.89. The Morgan fingerprint density at radius 1 is 1.06 bits per heavy atom. The van der Waals surface area contributed by atoms with E-state index in [0.29, 0.717) is 34.0 Å². The Morgan fingerprint density at radius 3 is 2.32 bits per heavy atom. The van der Waals surface area contributed by atoms with Gasteiger partial charge in [0.2, 0.25) is 21.8 Å². The van der Waals surface area contributed by atoms with Gasteiger partial charge in [0.05, 0.1) is 11.4 Å². The fourth-order valence-electron chi connectivity index (χ4n) is 3.64. The molecule has 0 unspecified atom stereocenters. The minimum absolute atomic E-state index is 0.150. The highest BCUT2D eigenvalue weighted by Gasteiger charge is 2.32. The minimum Gasteiger partial charge on any atom is -0.347 e. The first-order chi connectivity index (χ1) is 14.7. The van der Waals surface area contributed by atoms with Crippen LogP contribution in [0.3, 0.4) is 0 Å². The number of rotatable bonds is 6. The number of nitrogens with one attached hydrogen (secondary N) is 2. The number of halogens is 1. The number of aryl methyl sites for hydroxylation is 2. The van der Waals surface area contributed by atoms with Crippen molar-refractivity contribution in [2.24, 2.45) is 5.92 Å². The summed E-state index contributed by atoms with van der Waals surface area (Å²) in [6, 6.07) is 11.9. The highest BCUT2D eigenvalue weighted by molar-refractivity contribution is 7.89. The van der Waals surface area contributed by atoms with E-state index in [0.717, 1.165) is 5.56 Å². The molecule has 0 atom stereocenters. The summed E-state index contributed by atoms with van der Waals surface area (Å²) in [4.78, 5) is 24.8. The number of amides is 2. The van der Waals surface area contributed by atoms with Crippen molar-refractivity contribution in [2.75, 3.05) is 25.0 Å². The standard InChI is InChI=1S/C22H26ClN3O4S/c1-15-3-8-20(16(2)13-15)31(29,30)26-11-9-17(10-12-26)22(28)24-14-21(27)25-19-6-4-18(23)5-7-19/h3-8,13,17H,9-12,14H2,1-2H3,(H,24,28)(H,25,27). The van der Waals surface area contributed by atoms with Gasteiger partial charge in [-0.3, -0.25) is 9.59 Å². The summed E-state index contributed by atoms with van der Waals surface area (Å²) in [5.74, 6) is -0.908. The van der Waals surface area contributed by atoms with Crippen LogP contribution in [0.15, 0.2) is 47.4 Å². The zero-order valence-corrected chi connectivity index (χ0v) is 19.1. The minimum atomic E-state index is -3.59. The van der Waals surface area contributed by atoms with Gasteiger partial charge in [-0.15, -0.1) is 0 Å². The molecule has 2 aromatic carbocycles. The number of sulfonamides is 1. The van der Waals surface area contributed by atoms with E-state index in [9.17, 15) is 18.0 Å². The van der Waals surface area contributed by atoms with E-state index >= 15 is 0 Å². The quantitative estimate of drug-likeness (QED) is 0.688. The lowest BCUT2D eigenvalue weighted by Crippen LogP contribution is -2.44.